The summed E-state index contributed by atoms with van der Waals surface area (Å²) in [5, 5.41) is 1.03. The first-order valence-corrected chi connectivity index (χ1v) is 7.21. The molecule has 0 aromatic heterocycles. The summed E-state index contributed by atoms with van der Waals surface area (Å²) in [6.45, 7) is 11.5. The van der Waals surface area contributed by atoms with E-state index in [1.54, 1.807) is 0 Å². The van der Waals surface area contributed by atoms with Gasteiger partial charge in [-0.05, 0) is 20.8 Å². The van der Waals surface area contributed by atoms with Gasteiger partial charge in [-0.2, -0.15) is 0 Å². The average molecular weight is 247 g/mol. The van der Waals surface area contributed by atoms with Crippen LogP contribution in [0.2, 0.25) is 0 Å². The van der Waals surface area contributed by atoms with Gasteiger partial charge < -0.3 is 4.74 Å². The van der Waals surface area contributed by atoms with Crippen LogP contribution in [0.4, 0.5) is 0 Å². The van der Waals surface area contributed by atoms with Crippen molar-refractivity contribution in [2.75, 3.05) is 25.4 Å². The van der Waals surface area contributed by atoms with Crippen molar-refractivity contribution in [3.05, 3.63) is 12.0 Å². The first kappa shape index (κ1) is 13.7. The van der Waals surface area contributed by atoms with Crippen molar-refractivity contribution in [1.29, 1.82) is 0 Å². The molecule has 1 heterocycles. The topological polar surface area (TPSA) is 46.6 Å². The molecule has 0 aromatic rings. The summed E-state index contributed by atoms with van der Waals surface area (Å²) in [5.41, 5.74) is -0.199. The minimum absolute atomic E-state index is 0.138. The van der Waals surface area contributed by atoms with Gasteiger partial charge in [0.15, 0.2) is 9.84 Å². The van der Waals surface area contributed by atoms with E-state index in [1.165, 1.54) is 0 Å². The maximum absolute atomic E-state index is 11.3. The van der Waals surface area contributed by atoms with Gasteiger partial charge in [0.25, 0.3) is 0 Å². The van der Waals surface area contributed by atoms with Crippen LogP contribution >= 0.6 is 0 Å². The van der Waals surface area contributed by atoms with Crippen molar-refractivity contribution in [1.82, 2.24) is 4.90 Å². The fourth-order valence-corrected chi connectivity index (χ4v) is 2.78. The molecule has 94 valence electrons. The molecular weight excluding hydrogens is 226 g/mol. The van der Waals surface area contributed by atoms with Crippen LogP contribution in [-0.4, -0.2) is 50.4 Å². The van der Waals surface area contributed by atoms with Gasteiger partial charge >= 0.3 is 0 Å². The predicted octanol–water partition coefficient (Wildman–Crippen LogP) is 1.04. The van der Waals surface area contributed by atoms with E-state index in [0.29, 0.717) is 6.54 Å². The minimum atomic E-state index is -3.09. The summed E-state index contributed by atoms with van der Waals surface area (Å²) in [6.07, 6.45) is 0.148. The van der Waals surface area contributed by atoms with E-state index in [1.807, 2.05) is 20.8 Å². The normalized spacial score (nSPS) is 26.6. The molecule has 1 unspecified atom stereocenters. The molecule has 0 N–H and O–H groups in total. The Bertz CT molecular complexity index is 348. The van der Waals surface area contributed by atoms with E-state index >= 15 is 0 Å². The van der Waals surface area contributed by atoms with Crippen LogP contribution in [-0.2, 0) is 14.6 Å². The van der Waals surface area contributed by atoms with Crippen molar-refractivity contribution >= 4 is 9.84 Å². The van der Waals surface area contributed by atoms with Gasteiger partial charge in [0.1, 0.15) is 0 Å². The van der Waals surface area contributed by atoms with Crippen molar-refractivity contribution in [3.8, 4) is 0 Å². The van der Waals surface area contributed by atoms with E-state index in [-0.39, 0.29) is 17.5 Å². The van der Waals surface area contributed by atoms with Gasteiger partial charge in [-0.25, -0.2) is 8.42 Å². The number of rotatable bonds is 4. The van der Waals surface area contributed by atoms with Crippen LogP contribution in [0.25, 0.3) is 0 Å². The molecule has 1 saturated heterocycles. The lowest BCUT2D eigenvalue weighted by molar-refractivity contribution is -0.127. The molecule has 0 bridgehead atoms. The van der Waals surface area contributed by atoms with E-state index in [4.69, 9.17) is 4.74 Å². The van der Waals surface area contributed by atoms with Gasteiger partial charge in [-0.3, -0.25) is 4.90 Å². The molecular formula is C11H21NO3S. The third kappa shape index (κ3) is 4.23. The molecule has 1 atom stereocenters. The molecule has 0 spiro atoms. The van der Waals surface area contributed by atoms with Crippen molar-refractivity contribution in [2.24, 2.45) is 0 Å². The highest BCUT2D eigenvalue weighted by Crippen LogP contribution is 2.20. The zero-order valence-corrected chi connectivity index (χ0v) is 11.1. The Morgan fingerprint density at radius 2 is 2.19 bits per heavy atom. The Hall–Kier alpha value is -0.390. The number of hydrogen-bond donors (Lipinski definition) is 0. The maximum atomic E-state index is 11.3. The molecule has 1 rings (SSSR count). The number of sulfone groups is 1. The molecule has 0 aliphatic carbocycles. The van der Waals surface area contributed by atoms with E-state index in [0.717, 1.165) is 18.5 Å². The molecule has 0 amide bonds. The van der Waals surface area contributed by atoms with Crippen LogP contribution in [0.1, 0.15) is 20.8 Å². The van der Waals surface area contributed by atoms with Crippen LogP contribution in [0.5, 0.6) is 0 Å². The van der Waals surface area contributed by atoms with Crippen LogP contribution in [0.3, 0.4) is 0 Å². The molecule has 4 nitrogen and oxygen atoms in total. The SMILES string of the molecule is C=CS(=O)(=O)CCN1CC(C)OC(C)(C)C1. The molecule has 0 aromatic carbocycles. The highest BCUT2D eigenvalue weighted by atomic mass is 32.2. The molecule has 0 saturated carbocycles. The lowest BCUT2D eigenvalue weighted by atomic mass is 10.1. The first-order chi connectivity index (χ1) is 7.24. The quantitative estimate of drug-likeness (QED) is 0.745. The summed E-state index contributed by atoms with van der Waals surface area (Å²) in [4.78, 5) is 2.13. The molecule has 0 radical (unpaired) electrons. The Morgan fingerprint density at radius 1 is 1.56 bits per heavy atom. The summed E-state index contributed by atoms with van der Waals surface area (Å²) in [6, 6.07) is 0. The monoisotopic (exact) mass is 247 g/mol. The zero-order valence-electron chi connectivity index (χ0n) is 10.3. The summed E-state index contributed by atoms with van der Waals surface area (Å²) >= 11 is 0. The van der Waals surface area contributed by atoms with Crippen LogP contribution in [0, 0.1) is 0 Å². The van der Waals surface area contributed by atoms with E-state index < -0.39 is 9.84 Å². The predicted molar refractivity (Wildman–Crippen MR) is 65.0 cm³/mol. The third-order valence-electron chi connectivity index (χ3n) is 2.59. The van der Waals surface area contributed by atoms with Crippen LogP contribution in [0.15, 0.2) is 12.0 Å². The molecule has 1 aliphatic heterocycles. The first-order valence-electron chi connectivity index (χ1n) is 5.49. The van der Waals surface area contributed by atoms with Gasteiger partial charge in [0.2, 0.25) is 0 Å². The highest BCUT2D eigenvalue weighted by molar-refractivity contribution is 7.94. The number of nitrogens with zero attached hydrogens (tertiary/aromatic N) is 1. The Kier molecular flexibility index (Phi) is 4.15. The standard InChI is InChI=1S/C11H21NO3S/c1-5-16(13,14)7-6-12-8-10(2)15-11(3,4)9-12/h5,10H,1,6-9H2,2-4H3. The molecule has 5 heteroatoms. The second-order valence-corrected chi connectivity index (χ2v) is 7.02. The fraction of sp³-hybridized carbons (Fsp3) is 0.818. The Morgan fingerprint density at radius 3 is 2.69 bits per heavy atom. The van der Waals surface area contributed by atoms with E-state index in [2.05, 4.69) is 11.5 Å². The second kappa shape index (κ2) is 4.85. The van der Waals surface area contributed by atoms with Gasteiger partial charge in [-0.1, -0.05) is 6.58 Å². The minimum Gasteiger partial charge on any atom is -0.370 e. The van der Waals surface area contributed by atoms with Gasteiger partial charge in [0, 0.05) is 25.0 Å². The molecule has 1 fully saturated rings. The molecule has 1 aliphatic rings. The van der Waals surface area contributed by atoms with Crippen LogP contribution < -0.4 is 0 Å². The lowest BCUT2D eigenvalue weighted by Crippen LogP contribution is -2.52. The largest absolute Gasteiger partial charge is 0.370 e. The smallest absolute Gasteiger partial charge is 0.172 e. The lowest BCUT2D eigenvalue weighted by Gasteiger charge is -2.41. The maximum Gasteiger partial charge on any atom is 0.172 e. The fourth-order valence-electron chi connectivity index (χ4n) is 2.10. The van der Waals surface area contributed by atoms with Crippen molar-refractivity contribution in [2.45, 2.75) is 32.5 Å². The summed E-state index contributed by atoms with van der Waals surface area (Å²) in [5.74, 6) is 0.138. The van der Waals surface area contributed by atoms with E-state index in [9.17, 15) is 8.42 Å². The van der Waals surface area contributed by atoms with Crippen molar-refractivity contribution in [3.63, 3.8) is 0 Å². The third-order valence-corrected chi connectivity index (χ3v) is 3.85. The highest BCUT2D eigenvalue weighted by Gasteiger charge is 2.31. The zero-order chi connectivity index (χ0) is 12.4. The van der Waals surface area contributed by atoms with Gasteiger partial charge in [-0.15, -0.1) is 0 Å². The summed E-state index contributed by atoms with van der Waals surface area (Å²) < 4.78 is 28.4. The van der Waals surface area contributed by atoms with Crippen molar-refractivity contribution < 1.29 is 13.2 Å². The Balaban J connectivity index is 2.52. The van der Waals surface area contributed by atoms with Gasteiger partial charge in [0.05, 0.1) is 17.5 Å². The average Bonchev–Trinajstić information content (AvgIpc) is 2.12. The second-order valence-electron chi connectivity index (χ2n) is 4.96. The summed E-state index contributed by atoms with van der Waals surface area (Å²) in [7, 11) is -3.09. The number of morpholine rings is 1. The Labute approximate surface area is 98.2 Å². The molecule has 16 heavy (non-hydrogen) atoms. The number of hydrogen-bond acceptors (Lipinski definition) is 4. The number of ether oxygens (including phenoxy) is 1.